The lowest BCUT2D eigenvalue weighted by Crippen LogP contribution is -2.31. The average Bonchev–Trinajstić information content (AvgIpc) is 3.01. The van der Waals surface area contributed by atoms with E-state index in [1.807, 2.05) is 0 Å². The van der Waals surface area contributed by atoms with Gasteiger partial charge in [-0.1, -0.05) is 11.6 Å². The van der Waals surface area contributed by atoms with Gasteiger partial charge in [-0.25, -0.2) is 15.1 Å². The number of hydrogen-bond donors (Lipinski definition) is 2. The molecule has 2 aromatic heterocycles. The third-order valence-corrected chi connectivity index (χ3v) is 3.51. The summed E-state index contributed by atoms with van der Waals surface area (Å²) in [6, 6.07) is 0. The molecule has 0 aliphatic carbocycles. The minimum Gasteiger partial charge on any atom is -0.341 e. The molecule has 3 heterocycles. The van der Waals surface area contributed by atoms with Crippen molar-refractivity contribution in [1.29, 1.82) is 0 Å². The normalized spacial score (nSPS) is 15.0. The van der Waals surface area contributed by atoms with E-state index in [1.165, 1.54) is 18.9 Å². The van der Waals surface area contributed by atoms with Crippen molar-refractivity contribution in [3.8, 4) is 0 Å². The summed E-state index contributed by atoms with van der Waals surface area (Å²) >= 11 is 6.02. The summed E-state index contributed by atoms with van der Waals surface area (Å²) in [4.78, 5) is 26.6. The summed E-state index contributed by atoms with van der Waals surface area (Å²) in [5.41, 5.74) is 0.128. The Morgan fingerprint density at radius 2 is 2.10 bits per heavy atom. The zero-order valence-electron chi connectivity index (χ0n) is 11.2. The lowest BCUT2D eigenvalue weighted by Gasteiger charge is -2.26. The van der Waals surface area contributed by atoms with E-state index in [4.69, 9.17) is 11.6 Å². The molecule has 0 bridgehead atoms. The second-order valence-corrected chi connectivity index (χ2v) is 5.11. The molecule has 110 valence electrons. The van der Waals surface area contributed by atoms with Crippen molar-refractivity contribution < 1.29 is 4.79 Å². The largest absolute Gasteiger partial charge is 0.341 e. The van der Waals surface area contributed by atoms with Crippen LogP contribution in [0.1, 0.15) is 29.8 Å². The molecule has 21 heavy (non-hydrogen) atoms. The molecule has 9 heteroatoms. The van der Waals surface area contributed by atoms with Crippen LogP contribution in [-0.4, -0.2) is 44.1 Å². The summed E-state index contributed by atoms with van der Waals surface area (Å²) in [7, 11) is 0. The number of nitrogens with zero attached hydrogens (tertiary/aromatic N) is 5. The number of amides is 1. The number of hydrogen-bond acceptors (Lipinski definition) is 6. The molecule has 1 aliphatic rings. The summed E-state index contributed by atoms with van der Waals surface area (Å²) in [5, 5.41) is 8.95. The van der Waals surface area contributed by atoms with Crippen molar-refractivity contribution >= 4 is 29.4 Å². The lowest BCUT2D eigenvalue weighted by molar-refractivity contribution is 0.102. The highest BCUT2D eigenvalue weighted by Gasteiger charge is 2.19. The SMILES string of the molecule is O=C(Nc1ncn[nH]1)c1nc(N2CCCCC2)ncc1Cl. The van der Waals surface area contributed by atoms with Crippen LogP contribution in [0.3, 0.4) is 0 Å². The summed E-state index contributed by atoms with van der Waals surface area (Å²) in [5.74, 6) is 0.327. The summed E-state index contributed by atoms with van der Waals surface area (Å²) < 4.78 is 0. The number of aromatic amines is 1. The standard InChI is InChI=1S/C12H14ClN7O/c13-8-6-14-12(20-4-2-1-3-5-20)17-9(8)10(21)18-11-15-7-16-19-11/h6-7H,1-5H2,(H2,15,16,18,19,21). The van der Waals surface area contributed by atoms with E-state index in [-0.39, 0.29) is 16.7 Å². The van der Waals surface area contributed by atoms with Crippen LogP contribution in [0.4, 0.5) is 11.9 Å². The smallest absolute Gasteiger partial charge is 0.278 e. The number of carbonyl (C=O) groups excluding carboxylic acids is 1. The number of nitrogens with one attached hydrogen (secondary N) is 2. The third kappa shape index (κ3) is 3.10. The number of H-pyrrole nitrogens is 1. The molecule has 0 unspecified atom stereocenters. The Hall–Kier alpha value is -2.22. The van der Waals surface area contributed by atoms with E-state index in [9.17, 15) is 4.79 Å². The molecule has 0 saturated carbocycles. The van der Waals surface area contributed by atoms with Crippen LogP contribution in [0, 0.1) is 0 Å². The maximum atomic E-state index is 12.2. The first kappa shape index (κ1) is 13.7. The van der Waals surface area contributed by atoms with Crippen molar-refractivity contribution in [2.45, 2.75) is 19.3 Å². The zero-order chi connectivity index (χ0) is 14.7. The fourth-order valence-electron chi connectivity index (χ4n) is 2.20. The van der Waals surface area contributed by atoms with Crippen LogP contribution >= 0.6 is 11.6 Å². The molecule has 8 nitrogen and oxygen atoms in total. The highest BCUT2D eigenvalue weighted by atomic mass is 35.5. The minimum atomic E-state index is -0.447. The van der Waals surface area contributed by atoms with Gasteiger partial charge in [0, 0.05) is 13.1 Å². The number of piperidine rings is 1. The van der Waals surface area contributed by atoms with Gasteiger partial charge in [0.2, 0.25) is 11.9 Å². The second-order valence-electron chi connectivity index (χ2n) is 4.70. The van der Waals surface area contributed by atoms with Gasteiger partial charge in [-0.15, -0.1) is 0 Å². The van der Waals surface area contributed by atoms with E-state index in [1.54, 1.807) is 0 Å². The lowest BCUT2D eigenvalue weighted by atomic mass is 10.1. The van der Waals surface area contributed by atoms with Crippen LogP contribution in [-0.2, 0) is 0 Å². The van der Waals surface area contributed by atoms with Gasteiger partial charge in [0.05, 0.1) is 11.2 Å². The fourth-order valence-corrected chi connectivity index (χ4v) is 2.37. The number of anilines is 2. The minimum absolute atomic E-state index is 0.128. The van der Waals surface area contributed by atoms with Crippen LogP contribution in [0.2, 0.25) is 5.02 Å². The van der Waals surface area contributed by atoms with Crippen molar-refractivity contribution in [3.05, 3.63) is 23.2 Å². The number of halogens is 1. The first-order valence-corrected chi connectivity index (χ1v) is 7.06. The number of carbonyl (C=O) groups is 1. The molecule has 2 aromatic rings. The molecular weight excluding hydrogens is 294 g/mol. The second kappa shape index (κ2) is 6.04. The van der Waals surface area contributed by atoms with Gasteiger partial charge in [-0.05, 0) is 19.3 Å². The van der Waals surface area contributed by atoms with E-state index in [0.717, 1.165) is 25.9 Å². The van der Waals surface area contributed by atoms with Gasteiger partial charge < -0.3 is 4.90 Å². The van der Waals surface area contributed by atoms with Gasteiger partial charge in [0.1, 0.15) is 6.33 Å². The average molecular weight is 308 g/mol. The van der Waals surface area contributed by atoms with Crippen LogP contribution < -0.4 is 10.2 Å². The van der Waals surface area contributed by atoms with Crippen LogP contribution in [0.5, 0.6) is 0 Å². The van der Waals surface area contributed by atoms with Crippen LogP contribution in [0.15, 0.2) is 12.5 Å². The van der Waals surface area contributed by atoms with Crippen molar-refractivity contribution in [2.75, 3.05) is 23.3 Å². The quantitative estimate of drug-likeness (QED) is 0.891. The van der Waals surface area contributed by atoms with E-state index in [0.29, 0.717) is 5.95 Å². The van der Waals surface area contributed by atoms with E-state index < -0.39 is 5.91 Å². The first-order valence-electron chi connectivity index (χ1n) is 6.68. The monoisotopic (exact) mass is 307 g/mol. The van der Waals surface area contributed by atoms with Gasteiger partial charge >= 0.3 is 0 Å². The molecule has 1 saturated heterocycles. The Kier molecular flexibility index (Phi) is 3.96. The Morgan fingerprint density at radius 3 is 2.81 bits per heavy atom. The summed E-state index contributed by atoms with van der Waals surface area (Å²) in [6.45, 7) is 1.79. The van der Waals surface area contributed by atoms with Crippen LogP contribution in [0.25, 0.3) is 0 Å². The van der Waals surface area contributed by atoms with Crippen molar-refractivity contribution in [2.24, 2.45) is 0 Å². The molecule has 1 aliphatic heterocycles. The topological polar surface area (TPSA) is 99.7 Å². The van der Waals surface area contributed by atoms with Gasteiger partial charge in [0.25, 0.3) is 5.91 Å². The molecule has 2 N–H and O–H groups in total. The Morgan fingerprint density at radius 1 is 1.29 bits per heavy atom. The van der Waals surface area contributed by atoms with E-state index in [2.05, 4.69) is 35.4 Å². The third-order valence-electron chi connectivity index (χ3n) is 3.23. The van der Waals surface area contributed by atoms with Gasteiger partial charge in [-0.3, -0.25) is 10.1 Å². The molecule has 1 fully saturated rings. The predicted molar refractivity (Wildman–Crippen MR) is 77.4 cm³/mol. The zero-order valence-corrected chi connectivity index (χ0v) is 12.0. The molecular formula is C12H14ClN7O. The molecule has 1 amide bonds. The fraction of sp³-hybridized carbons (Fsp3) is 0.417. The van der Waals surface area contributed by atoms with Crippen molar-refractivity contribution in [3.63, 3.8) is 0 Å². The van der Waals surface area contributed by atoms with Gasteiger partial charge in [0.15, 0.2) is 5.69 Å². The molecule has 0 atom stereocenters. The Labute approximate surface area is 126 Å². The molecule has 0 spiro atoms. The maximum absolute atomic E-state index is 12.2. The summed E-state index contributed by atoms with van der Waals surface area (Å²) in [6.07, 6.45) is 6.17. The van der Waals surface area contributed by atoms with Crippen molar-refractivity contribution in [1.82, 2.24) is 25.1 Å². The predicted octanol–water partition coefficient (Wildman–Crippen LogP) is 1.49. The first-order chi connectivity index (χ1) is 10.2. The highest BCUT2D eigenvalue weighted by Crippen LogP contribution is 2.20. The molecule has 0 radical (unpaired) electrons. The maximum Gasteiger partial charge on any atom is 0.278 e. The van der Waals surface area contributed by atoms with E-state index >= 15 is 0 Å². The number of aromatic nitrogens is 5. The molecule has 3 rings (SSSR count). The van der Waals surface area contributed by atoms with Gasteiger partial charge in [-0.2, -0.15) is 10.1 Å². The number of rotatable bonds is 3. The highest BCUT2D eigenvalue weighted by molar-refractivity contribution is 6.33. The Balaban J connectivity index is 1.81. The Bertz CT molecular complexity index is 625. The molecule has 0 aromatic carbocycles.